The number of carbonyl (C=O) groups excluding carboxylic acids is 2. The first-order chi connectivity index (χ1) is 17.4. The number of benzene rings is 2. The molecule has 3 rings (SSSR count). The van der Waals surface area contributed by atoms with Gasteiger partial charge in [0.05, 0.1) is 29.3 Å². The number of carbonyl (C=O) groups is 2. The van der Waals surface area contributed by atoms with Gasteiger partial charge in [-0.05, 0) is 42.6 Å². The van der Waals surface area contributed by atoms with E-state index in [9.17, 15) is 19.2 Å². The SMILES string of the molecule is C=C(N=[N+]=[N-])c1cn(C(CCCOC(=O)c2ccccc2)COC(=O)c2ccccc2)c(=O)[nH]c1=O. The largest absolute Gasteiger partial charge is 0.462 e. The van der Waals surface area contributed by atoms with Crippen molar-refractivity contribution in [2.24, 2.45) is 5.11 Å². The second-order valence-electron chi connectivity index (χ2n) is 7.61. The van der Waals surface area contributed by atoms with Crippen LogP contribution >= 0.6 is 0 Å². The molecule has 184 valence electrons. The Morgan fingerprint density at radius 1 is 1.00 bits per heavy atom. The quantitative estimate of drug-likeness (QED) is 0.142. The van der Waals surface area contributed by atoms with Gasteiger partial charge in [0.2, 0.25) is 0 Å². The number of nitrogens with zero attached hydrogens (tertiary/aromatic N) is 4. The Bertz CT molecular complexity index is 1390. The van der Waals surface area contributed by atoms with E-state index >= 15 is 0 Å². The summed E-state index contributed by atoms with van der Waals surface area (Å²) in [5.74, 6) is -1.08. The lowest BCUT2D eigenvalue weighted by Crippen LogP contribution is -2.35. The van der Waals surface area contributed by atoms with Gasteiger partial charge in [-0.1, -0.05) is 48.1 Å². The first-order valence-corrected chi connectivity index (χ1v) is 10.9. The Kier molecular flexibility index (Phi) is 8.96. The molecule has 0 aliphatic carbocycles. The molecule has 0 aliphatic heterocycles. The van der Waals surface area contributed by atoms with Gasteiger partial charge >= 0.3 is 17.6 Å². The van der Waals surface area contributed by atoms with Crippen molar-refractivity contribution in [3.8, 4) is 0 Å². The highest BCUT2D eigenvalue weighted by molar-refractivity contribution is 5.89. The van der Waals surface area contributed by atoms with Crippen LogP contribution in [0.4, 0.5) is 0 Å². The lowest BCUT2D eigenvalue weighted by atomic mass is 10.1. The number of aromatic nitrogens is 2. The van der Waals surface area contributed by atoms with E-state index in [0.717, 1.165) is 0 Å². The lowest BCUT2D eigenvalue weighted by Gasteiger charge is -2.20. The molecule has 0 saturated heterocycles. The van der Waals surface area contributed by atoms with E-state index in [1.807, 2.05) is 0 Å². The lowest BCUT2D eigenvalue weighted by molar-refractivity contribution is 0.0418. The highest BCUT2D eigenvalue weighted by Crippen LogP contribution is 2.17. The normalized spacial score (nSPS) is 11.1. The van der Waals surface area contributed by atoms with Crippen LogP contribution < -0.4 is 11.2 Å². The van der Waals surface area contributed by atoms with E-state index in [0.29, 0.717) is 17.5 Å². The molecule has 1 aromatic heterocycles. The Labute approximate surface area is 205 Å². The van der Waals surface area contributed by atoms with Gasteiger partial charge in [0.25, 0.3) is 5.56 Å². The van der Waals surface area contributed by atoms with Crippen molar-refractivity contribution < 1.29 is 19.1 Å². The summed E-state index contributed by atoms with van der Waals surface area (Å²) >= 11 is 0. The molecule has 0 saturated carbocycles. The molecule has 0 amide bonds. The predicted octanol–water partition coefficient (Wildman–Crippen LogP) is 3.85. The van der Waals surface area contributed by atoms with E-state index in [1.54, 1.807) is 60.7 Å². The summed E-state index contributed by atoms with van der Waals surface area (Å²) in [5.41, 5.74) is 7.59. The van der Waals surface area contributed by atoms with Gasteiger partial charge in [-0.25, -0.2) is 14.4 Å². The average Bonchev–Trinajstić information content (AvgIpc) is 2.89. The minimum absolute atomic E-state index is 0.0489. The molecule has 0 fully saturated rings. The van der Waals surface area contributed by atoms with E-state index < -0.39 is 29.2 Å². The molecule has 2 aromatic carbocycles. The number of H-pyrrole nitrogens is 1. The smallest absolute Gasteiger partial charge is 0.338 e. The van der Waals surface area contributed by atoms with Crippen LogP contribution in [0.3, 0.4) is 0 Å². The summed E-state index contributed by atoms with van der Waals surface area (Å²) < 4.78 is 11.9. The molecule has 1 N–H and O–H groups in total. The molecule has 3 aromatic rings. The average molecular weight is 489 g/mol. The fraction of sp³-hybridized carbons (Fsp3) is 0.200. The minimum atomic E-state index is -0.773. The summed E-state index contributed by atoms with van der Waals surface area (Å²) in [6, 6.07) is 16.1. The number of nitrogens with one attached hydrogen (secondary N) is 1. The summed E-state index contributed by atoms with van der Waals surface area (Å²) in [6.45, 7) is 3.38. The van der Waals surface area contributed by atoms with Crippen molar-refractivity contribution >= 4 is 17.6 Å². The molecule has 1 atom stereocenters. The monoisotopic (exact) mass is 489 g/mol. The van der Waals surface area contributed by atoms with E-state index in [-0.39, 0.29) is 30.9 Å². The van der Waals surface area contributed by atoms with Gasteiger partial charge in [0.15, 0.2) is 0 Å². The summed E-state index contributed by atoms with van der Waals surface area (Å²) in [4.78, 5) is 54.2. The van der Waals surface area contributed by atoms with Crippen LogP contribution in [0.5, 0.6) is 0 Å². The van der Waals surface area contributed by atoms with Crippen molar-refractivity contribution in [3.05, 3.63) is 121 Å². The van der Waals surface area contributed by atoms with Crippen molar-refractivity contribution in [1.82, 2.24) is 9.55 Å². The summed E-state index contributed by atoms with van der Waals surface area (Å²) in [7, 11) is 0. The Balaban J connectivity index is 1.77. The number of ether oxygens (including phenoxy) is 2. The number of hydrogen-bond acceptors (Lipinski definition) is 7. The molecule has 0 spiro atoms. The first-order valence-electron chi connectivity index (χ1n) is 10.9. The fourth-order valence-electron chi connectivity index (χ4n) is 3.34. The van der Waals surface area contributed by atoms with Crippen LogP contribution in [0.2, 0.25) is 0 Å². The van der Waals surface area contributed by atoms with Crippen LogP contribution in [-0.4, -0.2) is 34.7 Å². The third kappa shape index (κ3) is 6.81. The minimum Gasteiger partial charge on any atom is -0.462 e. The maximum absolute atomic E-state index is 12.6. The van der Waals surface area contributed by atoms with Gasteiger partial charge < -0.3 is 9.47 Å². The molecular formula is C25H23N5O6. The van der Waals surface area contributed by atoms with Gasteiger partial charge in [-0.15, -0.1) is 0 Å². The Morgan fingerprint density at radius 2 is 1.58 bits per heavy atom. The van der Waals surface area contributed by atoms with Crippen molar-refractivity contribution in [1.29, 1.82) is 0 Å². The van der Waals surface area contributed by atoms with Gasteiger partial charge in [0.1, 0.15) is 6.61 Å². The summed E-state index contributed by atoms with van der Waals surface area (Å²) in [5, 5.41) is 3.33. The number of aromatic amines is 1. The molecule has 0 bridgehead atoms. The molecule has 36 heavy (non-hydrogen) atoms. The van der Waals surface area contributed by atoms with Crippen LogP contribution in [-0.2, 0) is 9.47 Å². The Morgan fingerprint density at radius 3 is 2.17 bits per heavy atom. The van der Waals surface area contributed by atoms with Crippen molar-refractivity contribution in [3.63, 3.8) is 0 Å². The molecule has 11 heteroatoms. The Hall–Kier alpha value is -4.89. The number of esters is 2. The van der Waals surface area contributed by atoms with Crippen LogP contribution in [0.1, 0.15) is 45.2 Å². The first kappa shape index (κ1) is 25.7. The van der Waals surface area contributed by atoms with Crippen LogP contribution in [0.25, 0.3) is 16.1 Å². The fourth-order valence-corrected chi connectivity index (χ4v) is 3.34. The molecule has 11 nitrogen and oxygen atoms in total. The zero-order valence-corrected chi connectivity index (χ0v) is 19.2. The van der Waals surface area contributed by atoms with E-state index in [4.69, 9.17) is 15.0 Å². The topological polar surface area (TPSA) is 156 Å². The van der Waals surface area contributed by atoms with Crippen molar-refractivity contribution in [2.45, 2.75) is 18.9 Å². The summed E-state index contributed by atoms with van der Waals surface area (Å²) in [6.07, 6.45) is 1.78. The van der Waals surface area contributed by atoms with Gasteiger partial charge in [-0.2, -0.15) is 0 Å². The standard InChI is InChI=1S/C25H23N5O6/c1-17(28-29-26)21-15-30(25(34)27-22(21)31)20(16-36-24(33)19-11-6-3-7-12-19)13-8-14-35-23(32)18-9-4-2-5-10-18/h2-7,9-12,15,20H,1,8,13-14,16H2,(H,27,31,34). The van der Waals surface area contributed by atoms with Gasteiger partial charge in [0, 0.05) is 16.8 Å². The van der Waals surface area contributed by atoms with Gasteiger partial charge in [-0.3, -0.25) is 14.3 Å². The molecule has 0 radical (unpaired) electrons. The zero-order valence-electron chi connectivity index (χ0n) is 19.2. The molecular weight excluding hydrogens is 466 g/mol. The number of azide groups is 1. The van der Waals surface area contributed by atoms with Crippen LogP contribution in [0, 0.1) is 0 Å². The molecule has 1 heterocycles. The predicted molar refractivity (Wildman–Crippen MR) is 131 cm³/mol. The number of hydrogen-bond donors (Lipinski definition) is 1. The highest BCUT2D eigenvalue weighted by Gasteiger charge is 2.19. The maximum atomic E-state index is 12.6. The van der Waals surface area contributed by atoms with E-state index in [1.165, 1.54) is 10.8 Å². The second-order valence-corrected chi connectivity index (χ2v) is 7.61. The molecule has 1 unspecified atom stereocenters. The van der Waals surface area contributed by atoms with E-state index in [2.05, 4.69) is 21.6 Å². The molecule has 0 aliphatic rings. The maximum Gasteiger partial charge on any atom is 0.338 e. The zero-order chi connectivity index (χ0) is 25.9. The third-order valence-electron chi connectivity index (χ3n) is 5.18. The second kappa shape index (κ2) is 12.5. The van der Waals surface area contributed by atoms with Crippen molar-refractivity contribution in [2.75, 3.05) is 13.2 Å². The number of rotatable bonds is 11. The van der Waals surface area contributed by atoms with Crippen LogP contribution in [0.15, 0.2) is 88.1 Å². The third-order valence-corrected chi connectivity index (χ3v) is 5.18. The highest BCUT2D eigenvalue weighted by atomic mass is 16.5.